The largest absolute Gasteiger partial charge is 0.395 e. The number of carbonyl (C=O) groups is 1. The molecule has 100 valence electrons. The van der Waals surface area contributed by atoms with Crippen molar-refractivity contribution in [2.75, 3.05) is 33.4 Å². The number of ether oxygens (including phenoxy) is 1. The molecule has 0 saturated carbocycles. The minimum absolute atomic E-state index is 0.0531. The smallest absolute Gasteiger partial charge is 0.254 e. The summed E-state index contributed by atoms with van der Waals surface area (Å²) < 4.78 is 5.88. The standard InChI is InChI=1S/C13H18BrNO3/c1-10-11(4-3-5-12(10)14)13(17)15(6-8-16)7-9-18-2/h3-5,16H,6-9H2,1-2H3. The molecule has 0 aliphatic heterocycles. The number of nitrogens with zero attached hydrogens (tertiary/aromatic N) is 1. The number of hydrogen-bond acceptors (Lipinski definition) is 3. The summed E-state index contributed by atoms with van der Waals surface area (Å²) in [6.45, 7) is 3.09. The SMILES string of the molecule is COCCN(CCO)C(=O)c1cccc(Br)c1C. The molecule has 1 rings (SSSR count). The first kappa shape index (κ1) is 15.1. The summed E-state index contributed by atoms with van der Waals surface area (Å²) in [6.07, 6.45) is 0. The highest BCUT2D eigenvalue weighted by molar-refractivity contribution is 9.10. The lowest BCUT2D eigenvalue weighted by Crippen LogP contribution is -2.36. The summed E-state index contributed by atoms with van der Waals surface area (Å²) in [4.78, 5) is 13.9. The third-order valence-corrected chi connectivity index (χ3v) is 3.58. The van der Waals surface area contributed by atoms with Gasteiger partial charge in [0, 0.05) is 30.2 Å². The van der Waals surface area contributed by atoms with Crippen LogP contribution in [0.4, 0.5) is 0 Å². The van der Waals surface area contributed by atoms with Crippen molar-refractivity contribution in [2.24, 2.45) is 0 Å². The van der Waals surface area contributed by atoms with E-state index in [4.69, 9.17) is 9.84 Å². The van der Waals surface area contributed by atoms with E-state index in [1.165, 1.54) is 0 Å². The predicted molar refractivity (Wildman–Crippen MR) is 73.7 cm³/mol. The van der Waals surface area contributed by atoms with Crippen LogP contribution in [0, 0.1) is 6.92 Å². The van der Waals surface area contributed by atoms with Gasteiger partial charge in [0.15, 0.2) is 0 Å². The van der Waals surface area contributed by atoms with Gasteiger partial charge in [-0.1, -0.05) is 22.0 Å². The van der Waals surface area contributed by atoms with Crippen LogP contribution in [0.25, 0.3) is 0 Å². The van der Waals surface area contributed by atoms with Gasteiger partial charge >= 0.3 is 0 Å². The van der Waals surface area contributed by atoms with Gasteiger partial charge in [-0.3, -0.25) is 4.79 Å². The average molecular weight is 316 g/mol. The molecule has 0 fully saturated rings. The molecule has 1 aromatic rings. The van der Waals surface area contributed by atoms with Crippen LogP contribution in [0.15, 0.2) is 22.7 Å². The minimum Gasteiger partial charge on any atom is -0.395 e. The molecule has 0 heterocycles. The second kappa shape index (κ2) is 7.51. The number of aliphatic hydroxyl groups excluding tert-OH is 1. The molecule has 4 nitrogen and oxygen atoms in total. The molecule has 18 heavy (non-hydrogen) atoms. The molecule has 0 radical (unpaired) electrons. The molecule has 1 aromatic carbocycles. The van der Waals surface area contributed by atoms with Gasteiger partial charge < -0.3 is 14.7 Å². The van der Waals surface area contributed by atoms with Crippen LogP contribution in [-0.2, 0) is 4.74 Å². The number of rotatable bonds is 6. The molecule has 5 heteroatoms. The van der Waals surface area contributed by atoms with E-state index < -0.39 is 0 Å². The van der Waals surface area contributed by atoms with Crippen LogP contribution >= 0.6 is 15.9 Å². The Balaban J connectivity index is 2.90. The number of benzene rings is 1. The van der Waals surface area contributed by atoms with E-state index in [-0.39, 0.29) is 12.5 Å². The fourth-order valence-corrected chi connectivity index (χ4v) is 2.01. The summed E-state index contributed by atoms with van der Waals surface area (Å²) in [7, 11) is 1.59. The van der Waals surface area contributed by atoms with E-state index in [2.05, 4.69) is 15.9 Å². The van der Waals surface area contributed by atoms with Crippen LogP contribution < -0.4 is 0 Å². The zero-order valence-corrected chi connectivity index (χ0v) is 12.2. The molecule has 0 aliphatic carbocycles. The highest BCUT2D eigenvalue weighted by Crippen LogP contribution is 2.20. The Labute approximate surface area is 116 Å². The maximum absolute atomic E-state index is 12.4. The lowest BCUT2D eigenvalue weighted by molar-refractivity contribution is 0.0655. The minimum atomic E-state index is -0.0834. The van der Waals surface area contributed by atoms with Crippen molar-refractivity contribution in [3.63, 3.8) is 0 Å². The fraction of sp³-hybridized carbons (Fsp3) is 0.462. The van der Waals surface area contributed by atoms with Crippen LogP contribution in [0.1, 0.15) is 15.9 Å². The summed E-state index contributed by atoms with van der Waals surface area (Å²) in [6, 6.07) is 5.52. The van der Waals surface area contributed by atoms with Gasteiger partial charge in [-0.2, -0.15) is 0 Å². The third kappa shape index (κ3) is 3.80. The second-order valence-corrected chi connectivity index (χ2v) is 4.78. The zero-order chi connectivity index (χ0) is 13.5. The Morgan fingerprint density at radius 3 is 2.78 bits per heavy atom. The van der Waals surface area contributed by atoms with Gasteiger partial charge in [-0.05, 0) is 24.6 Å². The predicted octanol–water partition coefficient (Wildman–Crippen LogP) is 1.84. The number of carbonyl (C=O) groups excluding carboxylic acids is 1. The van der Waals surface area contributed by atoms with Crippen LogP contribution in [0.5, 0.6) is 0 Å². The molecule has 1 amide bonds. The molecule has 0 bridgehead atoms. The van der Waals surface area contributed by atoms with Crippen molar-refractivity contribution >= 4 is 21.8 Å². The summed E-state index contributed by atoms with van der Waals surface area (Å²) in [5, 5.41) is 9.01. The first-order valence-electron chi connectivity index (χ1n) is 5.76. The summed E-state index contributed by atoms with van der Waals surface area (Å²) >= 11 is 3.41. The Hall–Kier alpha value is -0.910. The number of aliphatic hydroxyl groups is 1. The Morgan fingerprint density at radius 2 is 2.17 bits per heavy atom. The number of hydrogen-bond donors (Lipinski definition) is 1. The van der Waals surface area contributed by atoms with Gasteiger partial charge in [0.2, 0.25) is 0 Å². The Bertz CT molecular complexity index is 409. The van der Waals surface area contributed by atoms with Crippen molar-refractivity contribution in [1.29, 1.82) is 0 Å². The van der Waals surface area contributed by atoms with Crippen molar-refractivity contribution in [1.82, 2.24) is 4.90 Å². The molecular weight excluding hydrogens is 298 g/mol. The van der Waals surface area contributed by atoms with E-state index >= 15 is 0 Å². The Kier molecular flexibility index (Phi) is 6.32. The first-order valence-corrected chi connectivity index (χ1v) is 6.55. The molecular formula is C13H18BrNO3. The second-order valence-electron chi connectivity index (χ2n) is 3.92. The van der Waals surface area contributed by atoms with Crippen molar-refractivity contribution in [2.45, 2.75) is 6.92 Å². The van der Waals surface area contributed by atoms with Gasteiger partial charge in [-0.25, -0.2) is 0 Å². The molecule has 1 N–H and O–H groups in total. The van der Waals surface area contributed by atoms with Crippen molar-refractivity contribution < 1.29 is 14.6 Å². The van der Waals surface area contributed by atoms with Crippen LogP contribution in [0.3, 0.4) is 0 Å². The highest BCUT2D eigenvalue weighted by atomic mass is 79.9. The maximum atomic E-state index is 12.4. The first-order chi connectivity index (χ1) is 8.61. The van der Waals surface area contributed by atoms with E-state index in [9.17, 15) is 4.79 Å². The Morgan fingerprint density at radius 1 is 1.44 bits per heavy atom. The molecule has 0 saturated heterocycles. The lowest BCUT2D eigenvalue weighted by Gasteiger charge is -2.22. The van der Waals surface area contributed by atoms with Gasteiger partial charge in [0.1, 0.15) is 0 Å². The molecule has 0 spiro atoms. The third-order valence-electron chi connectivity index (χ3n) is 2.72. The van der Waals surface area contributed by atoms with Gasteiger partial charge in [0.25, 0.3) is 5.91 Å². The number of halogens is 1. The monoisotopic (exact) mass is 315 g/mol. The molecule has 0 aliphatic rings. The van der Waals surface area contributed by atoms with Crippen LogP contribution in [0.2, 0.25) is 0 Å². The molecule has 0 atom stereocenters. The highest BCUT2D eigenvalue weighted by Gasteiger charge is 2.17. The van der Waals surface area contributed by atoms with E-state index in [0.29, 0.717) is 25.3 Å². The normalized spacial score (nSPS) is 10.4. The van der Waals surface area contributed by atoms with Crippen molar-refractivity contribution in [3.05, 3.63) is 33.8 Å². The maximum Gasteiger partial charge on any atom is 0.254 e. The number of amides is 1. The number of methoxy groups -OCH3 is 1. The van der Waals surface area contributed by atoms with Gasteiger partial charge in [-0.15, -0.1) is 0 Å². The zero-order valence-electron chi connectivity index (χ0n) is 10.6. The van der Waals surface area contributed by atoms with Crippen molar-refractivity contribution in [3.8, 4) is 0 Å². The quantitative estimate of drug-likeness (QED) is 0.871. The molecule has 0 aromatic heterocycles. The summed E-state index contributed by atoms with van der Waals surface area (Å²) in [5.41, 5.74) is 1.55. The lowest BCUT2D eigenvalue weighted by atomic mass is 10.1. The summed E-state index contributed by atoms with van der Waals surface area (Å²) in [5.74, 6) is -0.0834. The van der Waals surface area contributed by atoms with E-state index in [0.717, 1.165) is 10.0 Å². The van der Waals surface area contributed by atoms with E-state index in [1.807, 2.05) is 19.1 Å². The average Bonchev–Trinajstić information content (AvgIpc) is 2.37. The molecule has 0 unspecified atom stereocenters. The fourth-order valence-electron chi connectivity index (χ4n) is 1.65. The van der Waals surface area contributed by atoms with E-state index in [1.54, 1.807) is 18.1 Å². The van der Waals surface area contributed by atoms with Crippen LogP contribution in [-0.4, -0.2) is 49.3 Å². The topological polar surface area (TPSA) is 49.8 Å². The van der Waals surface area contributed by atoms with Gasteiger partial charge in [0.05, 0.1) is 13.2 Å².